The Morgan fingerprint density at radius 1 is 0.744 bits per heavy atom. The molecule has 0 spiro atoms. The quantitative estimate of drug-likeness (QED) is 0.238. The van der Waals surface area contributed by atoms with Crippen LogP contribution in [0.4, 0.5) is 0 Å². The van der Waals surface area contributed by atoms with Crippen LogP contribution in [-0.4, -0.2) is 14.4 Å². The minimum atomic E-state index is 0.477. The molecule has 7 aromatic rings. The third kappa shape index (κ3) is 2.93. The van der Waals surface area contributed by atoms with Gasteiger partial charge in [-0.15, -0.1) is 0 Å². The fraction of sp³-hybridized carbons (Fsp3) is 0.0556. The van der Waals surface area contributed by atoms with Crippen LogP contribution >= 0.6 is 0 Å². The van der Waals surface area contributed by atoms with Gasteiger partial charge in [0, 0.05) is 23.1 Å². The minimum absolute atomic E-state index is 0.477. The first kappa shape index (κ1) is 21.0. The number of hydrogen-bond donors (Lipinski definition) is 0. The van der Waals surface area contributed by atoms with Crippen molar-refractivity contribution >= 4 is 50.5 Å². The first-order valence-corrected chi connectivity index (χ1v) is 13.5. The van der Waals surface area contributed by atoms with E-state index in [-0.39, 0.29) is 0 Å². The summed E-state index contributed by atoms with van der Waals surface area (Å²) >= 11 is 0. The molecule has 1 unspecified atom stereocenters. The van der Waals surface area contributed by atoms with Gasteiger partial charge in [-0.1, -0.05) is 97.1 Å². The fourth-order valence-corrected chi connectivity index (χ4v) is 6.67. The van der Waals surface area contributed by atoms with Gasteiger partial charge >= 0.3 is 0 Å². The second-order valence-electron chi connectivity index (χ2n) is 10.6. The van der Waals surface area contributed by atoms with Crippen LogP contribution in [0.5, 0.6) is 0 Å². The Kier molecular flexibility index (Phi) is 4.17. The Labute approximate surface area is 225 Å². The predicted octanol–water partition coefficient (Wildman–Crippen LogP) is 9.05. The number of fused-ring (bicyclic) bond motifs is 5. The van der Waals surface area contributed by atoms with Gasteiger partial charge < -0.3 is 0 Å². The standard InChI is InChI=1S/C36H23N3/c1-2-9-30-29(8-1)35-36(39-21-4-3-10-31(39)38-35)34(37-30)26-15-11-22(12-16-26)27-19-17-25-14-13-23-6-5-7-24-18-20-28(27)33(25)32(23)24/h1-6,8-21,24H,7H2. The molecule has 0 amide bonds. The number of aromatic nitrogens is 3. The number of hydrogen-bond acceptors (Lipinski definition) is 2. The highest BCUT2D eigenvalue weighted by atomic mass is 15.0. The molecule has 0 N–H and O–H groups in total. The van der Waals surface area contributed by atoms with Gasteiger partial charge in [0.05, 0.1) is 16.7 Å². The molecule has 3 heterocycles. The van der Waals surface area contributed by atoms with Crippen molar-refractivity contribution in [2.75, 3.05) is 0 Å². The molecule has 182 valence electrons. The molecule has 0 bridgehead atoms. The number of imidazole rings is 1. The first-order chi connectivity index (χ1) is 19.3. The van der Waals surface area contributed by atoms with Gasteiger partial charge in [-0.3, -0.25) is 4.40 Å². The number of allylic oxidation sites excluding steroid dienone is 2. The van der Waals surface area contributed by atoms with Crippen molar-refractivity contribution in [3.63, 3.8) is 0 Å². The van der Waals surface area contributed by atoms with E-state index in [4.69, 9.17) is 9.97 Å². The van der Waals surface area contributed by atoms with E-state index in [2.05, 4.69) is 108 Å². The lowest BCUT2D eigenvalue weighted by Gasteiger charge is -2.27. The molecule has 3 aromatic heterocycles. The van der Waals surface area contributed by atoms with Crippen LogP contribution in [0.1, 0.15) is 29.0 Å². The molecule has 39 heavy (non-hydrogen) atoms. The van der Waals surface area contributed by atoms with Gasteiger partial charge in [0.1, 0.15) is 11.2 Å². The molecule has 0 saturated heterocycles. The zero-order chi connectivity index (χ0) is 25.5. The molecule has 4 aromatic carbocycles. The molecule has 0 fully saturated rings. The normalized spacial score (nSPS) is 15.6. The van der Waals surface area contributed by atoms with Crippen molar-refractivity contribution in [2.24, 2.45) is 0 Å². The van der Waals surface area contributed by atoms with Crippen LogP contribution in [0.15, 0.2) is 109 Å². The van der Waals surface area contributed by atoms with Crippen LogP contribution < -0.4 is 0 Å². The summed E-state index contributed by atoms with van der Waals surface area (Å²) in [4.78, 5) is 10.1. The smallest absolute Gasteiger partial charge is 0.137 e. The summed E-state index contributed by atoms with van der Waals surface area (Å²) in [5.41, 5.74) is 12.7. The predicted molar refractivity (Wildman–Crippen MR) is 162 cm³/mol. The van der Waals surface area contributed by atoms with Gasteiger partial charge in [-0.2, -0.15) is 0 Å². The summed E-state index contributed by atoms with van der Waals surface area (Å²) < 4.78 is 2.16. The lowest BCUT2D eigenvalue weighted by atomic mass is 9.77. The van der Waals surface area contributed by atoms with Crippen LogP contribution in [-0.2, 0) is 0 Å². The van der Waals surface area contributed by atoms with Crippen molar-refractivity contribution in [1.82, 2.24) is 14.4 Å². The zero-order valence-electron chi connectivity index (χ0n) is 21.2. The first-order valence-electron chi connectivity index (χ1n) is 13.5. The van der Waals surface area contributed by atoms with Gasteiger partial charge in [0.2, 0.25) is 0 Å². The van der Waals surface area contributed by atoms with Crippen LogP contribution in [0.25, 0.3) is 72.9 Å². The molecule has 2 aliphatic carbocycles. The minimum Gasteiger partial charge on any atom is -0.298 e. The van der Waals surface area contributed by atoms with Crippen molar-refractivity contribution in [1.29, 1.82) is 0 Å². The van der Waals surface area contributed by atoms with E-state index in [0.29, 0.717) is 5.92 Å². The van der Waals surface area contributed by atoms with Crippen LogP contribution in [0.3, 0.4) is 0 Å². The molecule has 0 radical (unpaired) electrons. The summed E-state index contributed by atoms with van der Waals surface area (Å²) in [6.07, 6.45) is 12.5. The molecular weight excluding hydrogens is 474 g/mol. The van der Waals surface area contributed by atoms with Gasteiger partial charge in [-0.05, 0) is 63.2 Å². The van der Waals surface area contributed by atoms with Crippen molar-refractivity contribution in [3.8, 4) is 22.4 Å². The Hall–Kier alpha value is -5.02. The molecule has 0 aliphatic heterocycles. The van der Waals surface area contributed by atoms with Gasteiger partial charge in [0.15, 0.2) is 0 Å². The Bertz CT molecular complexity index is 2200. The Balaban J connectivity index is 1.24. The maximum absolute atomic E-state index is 5.15. The fourth-order valence-electron chi connectivity index (χ4n) is 6.67. The van der Waals surface area contributed by atoms with Gasteiger partial charge in [-0.25, -0.2) is 9.97 Å². The lowest BCUT2D eigenvalue weighted by Crippen LogP contribution is -2.07. The van der Waals surface area contributed by atoms with E-state index >= 15 is 0 Å². The van der Waals surface area contributed by atoms with Crippen molar-refractivity contribution in [2.45, 2.75) is 12.3 Å². The van der Waals surface area contributed by atoms with Crippen molar-refractivity contribution in [3.05, 3.63) is 126 Å². The van der Waals surface area contributed by atoms with Crippen LogP contribution in [0.2, 0.25) is 0 Å². The van der Waals surface area contributed by atoms with E-state index < -0.39 is 0 Å². The lowest BCUT2D eigenvalue weighted by molar-refractivity contribution is 0.861. The highest BCUT2D eigenvalue weighted by Crippen LogP contribution is 2.45. The van der Waals surface area contributed by atoms with E-state index in [1.54, 1.807) is 0 Å². The van der Waals surface area contributed by atoms with E-state index in [1.165, 1.54) is 38.6 Å². The van der Waals surface area contributed by atoms with E-state index in [1.807, 2.05) is 18.2 Å². The second kappa shape index (κ2) is 7.75. The third-order valence-electron chi connectivity index (χ3n) is 8.47. The molecule has 9 rings (SSSR count). The summed E-state index contributed by atoms with van der Waals surface area (Å²) in [6, 6.07) is 32.4. The molecular formula is C36H23N3. The number of para-hydroxylation sites is 1. The van der Waals surface area contributed by atoms with E-state index in [9.17, 15) is 0 Å². The largest absolute Gasteiger partial charge is 0.298 e. The number of rotatable bonds is 2. The van der Waals surface area contributed by atoms with Gasteiger partial charge in [0.25, 0.3) is 0 Å². The molecule has 1 atom stereocenters. The maximum atomic E-state index is 5.15. The summed E-state index contributed by atoms with van der Waals surface area (Å²) in [5.74, 6) is 0.477. The topological polar surface area (TPSA) is 30.2 Å². The summed E-state index contributed by atoms with van der Waals surface area (Å²) in [7, 11) is 0. The van der Waals surface area contributed by atoms with Crippen molar-refractivity contribution < 1.29 is 0 Å². The third-order valence-corrected chi connectivity index (χ3v) is 8.47. The number of pyridine rings is 2. The number of benzene rings is 4. The average molecular weight is 498 g/mol. The summed E-state index contributed by atoms with van der Waals surface area (Å²) in [5, 5.41) is 3.81. The molecule has 3 heteroatoms. The van der Waals surface area contributed by atoms with E-state index in [0.717, 1.165) is 45.3 Å². The summed E-state index contributed by atoms with van der Waals surface area (Å²) in [6.45, 7) is 0. The zero-order valence-corrected chi connectivity index (χ0v) is 21.2. The molecule has 2 aliphatic rings. The average Bonchev–Trinajstić information content (AvgIpc) is 3.40. The molecule has 3 nitrogen and oxygen atoms in total. The highest BCUT2D eigenvalue weighted by Gasteiger charge is 2.24. The highest BCUT2D eigenvalue weighted by molar-refractivity contribution is 6.09. The number of nitrogens with zero attached hydrogens (tertiary/aromatic N) is 3. The van der Waals surface area contributed by atoms with Crippen LogP contribution in [0, 0.1) is 0 Å². The Morgan fingerprint density at radius 2 is 1.59 bits per heavy atom. The monoisotopic (exact) mass is 497 g/mol. The SMILES string of the molecule is C1=Cc2ccc3ccc(-c4ccc(-c5nc6ccccc6c6nc7ccccn7c56)cc4)c4c3c2C(C=C4)C1. The Morgan fingerprint density at radius 3 is 2.54 bits per heavy atom. The second-order valence-corrected chi connectivity index (χ2v) is 10.6. The molecule has 0 saturated carbocycles. The maximum Gasteiger partial charge on any atom is 0.137 e.